The highest BCUT2D eigenvalue weighted by molar-refractivity contribution is 7.90. The molecule has 25 heavy (non-hydrogen) atoms. The van der Waals surface area contributed by atoms with E-state index in [0.29, 0.717) is 23.9 Å². The summed E-state index contributed by atoms with van der Waals surface area (Å²) >= 11 is 0. The quantitative estimate of drug-likeness (QED) is 0.388. The van der Waals surface area contributed by atoms with Gasteiger partial charge in [-0.3, -0.25) is 9.89 Å². The van der Waals surface area contributed by atoms with Crippen molar-refractivity contribution in [2.24, 2.45) is 10.7 Å². The maximum Gasteiger partial charge on any atom is 0.188 e. The number of morpholine rings is 1. The van der Waals surface area contributed by atoms with E-state index in [1.165, 1.54) is 6.26 Å². The van der Waals surface area contributed by atoms with Gasteiger partial charge in [0, 0.05) is 39.0 Å². The van der Waals surface area contributed by atoms with Crippen LogP contribution in [0, 0.1) is 0 Å². The van der Waals surface area contributed by atoms with Crippen LogP contribution in [0.2, 0.25) is 0 Å². The number of hydrogen-bond acceptors (Lipinski definition) is 5. The molecule has 8 heteroatoms. The Bertz CT molecular complexity index is 653. The fraction of sp³-hybridized carbons (Fsp3) is 0.588. The van der Waals surface area contributed by atoms with Crippen LogP contribution in [0.5, 0.6) is 0 Å². The molecular weight excluding hydrogens is 340 g/mol. The van der Waals surface area contributed by atoms with Crippen molar-refractivity contribution < 1.29 is 13.2 Å². The van der Waals surface area contributed by atoms with Crippen molar-refractivity contribution in [2.75, 3.05) is 52.2 Å². The van der Waals surface area contributed by atoms with Gasteiger partial charge in [-0.2, -0.15) is 0 Å². The molecule has 1 saturated heterocycles. The molecule has 2 rings (SSSR count). The summed E-state index contributed by atoms with van der Waals surface area (Å²) in [5.41, 5.74) is 6.92. The second-order valence-electron chi connectivity index (χ2n) is 6.17. The van der Waals surface area contributed by atoms with E-state index in [-0.39, 0.29) is 0 Å². The molecule has 1 aromatic rings. The zero-order valence-electron chi connectivity index (χ0n) is 14.8. The van der Waals surface area contributed by atoms with E-state index in [1.54, 1.807) is 12.1 Å². The number of guanidine groups is 1. The van der Waals surface area contributed by atoms with Crippen molar-refractivity contribution in [1.82, 2.24) is 10.2 Å². The molecule has 0 aliphatic carbocycles. The van der Waals surface area contributed by atoms with Gasteiger partial charge in [-0.1, -0.05) is 12.1 Å². The lowest BCUT2D eigenvalue weighted by Crippen LogP contribution is -2.37. The molecule has 1 aromatic carbocycles. The Morgan fingerprint density at radius 3 is 2.60 bits per heavy atom. The first-order chi connectivity index (χ1) is 11.9. The molecular formula is C17H28N4O3S. The molecule has 0 unspecified atom stereocenters. The third kappa shape index (κ3) is 7.41. The van der Waals surface area contributed by atoms with Crippen molar-refractivity contribution in [3.8, 4) is 0 Å². The Morgan fingerprint density at radius 2 is 1.96 bits per heavy atom. The van der Waals surface area contributed by atoms with Crippen molar-refractivity contribution in [3.63, 3.8) is 0 Å². The Hall–Kier alpha value is -1.64. The van der Waals surface area contributed by atoms with Crippen LogP contribution in [0.3, 0.4) is 0 Å². The van der Waals surface area contributed by atoms with Crippen molar-refractivity contribution >= 4 is 15.8 Å². The van der Waals surface area contributed by atoms with Crippen LogP contribution in [-0.2, 0) is 21.0 Å². The number of nitrogens with one attached hydrogen (secondary N) is 1. The second kappa shape index (κ2) is 9.74. The Morgan fingerprint density at radius 1 is 1.28 bits per heavy atom. The smallest absolute Gasteiger partial charge is 0.188 e. The van der Waals surface area contributed by atoms with Gasteiger partial charge in [0.05, 0.1) is 18.1 Å². The number of nitrogens with zero attached hydrogens (tertiary/aromatic N) is 2. The third-order valence-corrected chi connectivity index (χ3v) is 5.22. The lowest BCUT2D eigenvalue weighted by atomic mass is 10.1. The molecule has 0 aromatic heterocycles. The highest BCUT2D eigenvalue weighted by Crippen LogP contribution is 2.10. The highest BCUT2D eigenvalue weighted by Gasteiger charge is 2.09. The average molecular weight is 369 g/mol. The number of aliphatic imine (C=N–C) groups is 1. The first kappa shape index (κ1) is 19.7. The van der Waals surface area contributed by atoms with E-state index in [9.17, 15) is 8.42 Å². The minimum absolute atomic E-state index is 0.338. The molecule has 0 saturated carbocycles. The van der Waals surface area contributed by atoms with Gasteiger partial charge in [0.1, 0.15) is 0 Å². The molecule has 1 aliphatic heterocycles. The van der Waals surface area contributed by atoms with E-state index in [4.69, 9.17) is 10.5 Å². The summed E-state index contributed by atoms with van der Waals surface area (Å²) in [4.78, 5) is 7.05. The van der Waals surface area contributed by atoms with Crippen molar-refractivity contribution in [3.05, 3.63) is 29.8 Å². The molecule has 0 atom stereocenters. The summed E-state index contributed by atoms with van der Waals surface area (Å²) in [6.45, 7) is 6.02. The van der Waals surface area contributed by atoms with E-state index < -0.39 is 9.84 Å². The van der Waals surface area contributed by atoms with Crippen LogP contribution in [0.25, 0.3) is 0 Å². The lowest BCUT2D eigenvalue weighted by Gasteiger charge is -2.26. The summed E-state index contributed by atoms with van der Waals surface area (Å²) in [6, 6.07) is 6.92. The number of sulfone groups is 1. The molecule has 1 fully saturated rings. The summed E-state index contributed by atoms with van der Waals surface area (Å²) in [5, 5.41) is 3.09. The first-order valence-electron chi connectivity index (χ1n) is 8.58. The summed E-state index contributed by atoms with van der Waals surface area (Å²) in [6.07, 6.45) is 2.95. The molecule has 1 aliphatic rings. The first-order valence-corrected chi connectivity index (χ1v) is 10.5. The Balaban J connectivity index is 1.63. The fourth-order valence-corrected chi connectivity index (χ4v) is 3.24. The molecule has 140 valence electrons. The van der Waals surface area contributed by atoms with Crippen LogP contribution in [0.1, 0.15) is 12.0 Å². The maximum atomic E-state index is 11.4. The maximum absolute atomic E-state index is 11.4. The van der Waals surface area contributed by atoms with Gasteiger partial charge >= 0.3 is 0 Å². The Labute approximate surface area is 150 Å². The minimum Gasteiger partial charge on any atom is -0.379 e. The molecule has 0 radical (unpaired) electrons. The van der Waals surface area contributed by atoms with Crippen LogP contribution in [0.15, 0.2) is 34.2 Å². The third-order valence-electron chi connectivity index (χ3n) is 4.09. The van der Waals surface area contributed by atoms with E-state index in [1.807, 2.05) is 12.1 Å². The van der Waals surface area contributed by atoms with Crippen LogP contribution < -0.4 is 11.1 Å². The predicted molar refractivity (Wildman–Crippen MR) is 99.6 cm³/mol. The number of nitrogens with two attached hydrogens (primary N) is 1. The summed E-state index contributed by atoms with van der Waals surface area (Å²) in [5.74, 6) is 0.453. The average Bonchev–Trinajstić information content (AvgIpc) is 2.59. The molecule has 1 heterocycles. The van der Waals surface area contributed by atoms with Gasteiger partial charge in [0.25, 0.3) is 0 Å². The zero-order valence-corrected chi connectivity index (χ0v) is 15.6. The number of ether oxygens (including phenoxy) is 1. The molecule has 0 bridgehead atoms. The number of rotatable bonds is 8. The van der Waals surface area contributed by atoms with E-state index in [2.05, 4.69) is 15.2 Å². The topological polar surface area (TPSA) is 97.0 Å². The van der Waals surface area contributed by atoms with Crippen LogP contribution in [0.4, 0.5) is 0 Å². The molecule has 3 N–H and O–H groups in total. The molecule has 7 nitrogen and oxygen atoms in total. The number of hydrogen-bond donors (Lipinski definition) is 2. The van der Waals surface area contributed by atoms with E-state index in [0.717, 1.165) is 51.3 Å². The summed E-state index contributed by atoms with van der Waals surface area (Å²) in [7, 11) is -3.14. The van der Waals surface area contributed by atoms with Gasteiger partial charge in [0.2, 0.25) is 0 Å². The predicted octanol–water partition coefficient (Wildman–Crippen LogP) is 0.259. The number of benzene rings is 1. The van der Waals surface area contributed by atoms with E-state index >= 15 is 0 Å². The fourth-order valence-electron chi connectivity index (χ4n) is 2.61. The zero-order chi connectivity index (χ0) is 18.1. The van der Waals surface area contributed by atoms with Gasteiger partial charge in [-0.15, -0.1) is 0 Å². The van der Waals surface area contributed by atoms with Gasteiger partial charge in [0.15, 0.2) is 15.8 Å². The van der Waals surface area contributed by atoms with Crippen LogP contribution >= 0.6 is 0 Å². The minimum atomic E-state index is -3.14. The van der Waals surface area contributed by atoms with Crippen molar-refractivity contribution in [2.45, 2.75) is 17.7 Å². The van der Waals surface area contributed by atoms with Gasteiger partial charge < -0.3 is 15.8 Å². The molecule has 0 amide bonds. The van der Waals surface area contributed by atoms with Gasteiger partial charge in [-0.25, -0.2) is 8.42 Å². The standard InChI is InChI=1S/C17H28N4O3S/c1-25(22,23)16-5-3-15(4-6-16)7-9-20-17(18)19-8-2-10-21-11-13-24-14-12-21/h3-6H,2,7-14H2,1H3,(H3,18,19,20). The summed E-state index contributed by atoms with van der Waals surface area (Å²) < 4.78 is 28.2. The SMILES string of the molecule is CS(=O)(=O)c1ccc(CCNC(N)=NCCCN2CCOCC2)cc1. The monoisotopic (exact) mass is 368 g/mol. The van der Waals surface area contributed by atoms with Gasteiger partial charge in [-0.05, 0) is 30.5 Å². The molecule has 0 spiro atoms. The Kier molecular flexibility index (Phi) is 7.67. The largest absolute Gasteiger partial charge is 0.379 e. The highest BCUT2D eigenvalue weighted by atomic mass is 32.2. The van der Waals surface area contributed by atoms with Crippen LogP contribution in [-0.4, -0.2) is 71.5 Å². The lowest BCUT2D eigenvalue weighted by molar-refractivity contribution is 0.0377. The second-order valence-corrected chi connectivity index (χ2v) is 8.18. The van der Waals surface area contributed by atoms with Crippen molar-refractivity contribution in [1.29, 1.82) is 0 Å². The normalized spacial score (nSPS) is 16.8.